The highest BCUT2D eigenvalue weighted by Gasteiger charge is 2.05. The van der Waals surface area contributed by atoms with Crippen molar-refractivity contribution in [1.82, 2.24) is 20.3 Å². The Balaban J connectivity index is 2.03. The van der Waals surface area contributed by atoms with Gasteiger partial charge in [-0.3, -0.25) is 9.48 Å². The molecule has 0 radical (unpaired) electrons. The molecular formula is C12H14N4O2. The first kappa shape index (κ1) is 12.1. The molecule has 0 saturated carbocycles. The summed E-state index contributed by atoms with van der Waals surface area (Å²) in [6, 6.07) is 6.99. The van der Waals surface area contributed by atoms with Crippen LogP contribution in [0.4, 0.5) is 0 Å². The van der Waals surface area contributed by atoms with Gasteiger partial charge in [0.1, 0.15) is 18.1 Å². The van der Waals surface area contributed by atoms with E-state index in [9.17, 15) is 4.79 Å². The number of nitrogens with one attached hydrogen (secondary N) is 1. The smallest absolute Gasteiger partial charge is 0.251 e. The van der Waals surface area contributed by atoms with E-state index in [-0.39, 0.29) is 5.91 Å². The monoisotopic (exact) mass is 246 g/mol. The molecule has 0 aliphatic heterocycles. The molecular weight excluding hydrogens is 232 g/mol. The summed E-state index contributed by atoms with van der Waals surface area (Å²) < 4.78 is 7.16. The molecule has 18 heavy (non-hydrogen) atoms. The molecule has 0 bridgehead atoms. The largest absolute Gasteiger partial charge is 0.487 e. The molecule has 0 atom stereocenters. The minimum Gasteiger partial charge on any atom is -0.487 e. The van der Waals surface area contributed by atoms with Gasteiger partial charge in [-0.2, -0.15) is 0 Å². The highest BCUT2D eigenvalue weighted by Crippen LogP contribution is 2.14. The van der Waals surface area contributed by atoms with Crippen LogP contribution in [-0.4, -0.2) is 27.9 Å². The summed E-state index contributed by atoms with van der Waals surface area (Å²) in [5.74, 6) is 0.488. The highest BCUT2D eigenvalue weighted by molar-refractivity contribution is 5.94. The second-order valence-electron chi connectivity index (χ2n) is 3.78. The van der Waals surface area contributed by atoms with Gasteiger partial charge in [0.2, 0.25) is 0 Å². The number of carbonyl (C=O) groups excluding carboxylic acids is 1. The topological polar surface area (TPSA) is 69.0 Å². The SMILES string of the molecule is CNC(=O)c1cccc(OCc2cn(C)nn2)c1. The van der Waals surface area contributed by atoms with Gasteiger partial charge in [-0.15, -0.1) is 5.10 Å². The standard InChI is InChI=1S/C12H14N4O2/c1-13-12(17)9-4-3-5-11(6-9)18-8-10-7-16(2)15-14-10/h3-7H,8H2,1-2H3,(H,13,17). The van der Waals surface area contributed by atoms with Crippen molar-refractivity contribution in [1.29, 1.82) is 0 Å². The van der Waals surface area contributed by atoms with Gasteiger partial charge in [0, 0.05) is 19.7 Å². The van der Waals surface area contributed by atoms with Crippen molar-refractivity contribution in [3.05, 3.63) is 41.7 Å². The Morgan fingerprint density at radius 1 is 1.50 bits per heavy atom. The van der Waals surface area contributed by atoms with Crippen LogP contribution in [0.3, 0.4) is 0 Å². The lowest BCUT2D eigenvalue weighted by Gasteiger charge is -2.05. The van der Waals surface area contributed by atoms with Gasteiger partial charge < -0.3 is 10.1 Å². The zero-order valence-corrected chi connectivity index (χ0v) is 10.3. The highest BCUT2D eigenvalue weighted by atomic mass is 16.5. The number of ether oxygens (including phenoxy) is 1. The molecule has 94 valence electrons. The van der Waals surface area contributed by atoms with Gasteiger partial charge in [-0.25, -0.2) is 0 Å². The number of amides is 1. The maximum absolute atomic E-state index is 11.5. The van der Waals surface area contributed by atoms with E-state index >= 15 is 0 Å². The second kappa shape index (κ2) is 5.31. The van der Waals surface area contributed by atoms with Crippen molar-refractivity contribution < 1.29 is 9.53 Å². The van der Waals surface area contributed by atoms with Crippen LogP contribution in [0.25, 0.3) is 0 Å². The van der Waals surface area contributed by atoms with Crippen molar-refractivity contribution in [2.24, 2.45) is 7.05 Å². The van der Waals surface area contributed by atoms with E-state index in [1.807, 2.05) is 0 Å². The predicted molar refractivity (Wildman–Crippen MR) is 65.2 cm³/mol. The third kappa shape index (κ3) is 2.85. The van der Waals surface area contributed by atoms with Crippen LogP contribution in [0, 0.1) is 0 Å². The fourth-order valence-corrected chi connectivity index (χ4v) is 1.49. The number of rotatable bonds is 4. The molecule has 1 aromatic carbocycles. The zero-order valence-electron chi connectivity index (χ0n) is 10.3. The lowest BCUT2D eigenvalue weighted by Crippen LogP contribution is -2.17. The molecule has 2 aromatic rings. The maximum Gasteiger partial charge on any atom is 0.251 e. The van der Waals surface area contributed by atoms with E-state index < -0.39 is 0 Å². The van der Waals surface area contributed by atoms with E-state index in [0.29, 0.717) is 17.9 Å². The molecule has 1 heterocycles. The van der Waals surface area contributed by atoms with Crippen molar-refractivity contribution in [3.63, 3.8) is 0 Å². The number of aromatic nitrogens is 3. The first-order chi connectivity index (χ1) is 8.69. The fraction of sp³-hybridized carbons (Fsp3) is 0.250. The molecule has 1 amide bonds. The number of aryl methyl sites for hydroxylation is 1. The molecule has 1 aromatic heterocycles. The lowest BCUT2D eigenvalue weighted by atomic mass is 10.2. The van der Waals surface area contributed by atoms with Gasteiger partial charge in [0.05, 0.1) is 6.20 Å². The molecule has 0 aliphatic carbocycles. The third-order valence-electron chi connectivity index (χ3n) is 2.36. The van der Waals surface area contributed by atoms with Crippen LogP contribution in [0.2, 0.25) is 0 Å². The normalized spacial score (nSPS) is 10.1. The molecule has 6 heteroatoms. The Morgan fingerprint density at radius 2 is 2.33 bits per heavy atom. The molecule has 0 aliphatic rings. The average molecular weight is 246 g/mol. The van der Waals surface area contributed by atoms with Crippen LogP contribution in [0.1, 0.15) is 16.1 Å². The van der Waals surface area contributed by atoms with E-state index in [1.165, 1.54) is 0 Å². The molecule has 0 spiro atoms. The second-order valence-corrected chi connectivity index (χ2v) is 3.78. The van der Waals surface area contributed by atoms with Crippen molar-refractivity contribution in [2.75, 3.05) is 7.05 Å². The van der Waals surface area contributed by atoms with Crippen molar-refractivity contribution >= 4 is 5.91 Å². The molecule has 0 unspecified atom stereocenters. The first-order valence-corrected chi connectivity index (χ1v) is 5.49. The summed E-state index contributed by atoms with van der Waals surface area (Å²) in [6.45, 7) is 0.324. The van der Waals surface area contributed by atoms with Gasteiger partial charge in [0.15, 0.2) is 0 Å². The van der Waals surface area contributed by atoms with Gasteiger partial charge in [-0.05, 0) is 18.2 Å². The van der Waals surface area contributed by atoms with Crippen molar-refractivity contribution in [2.45, 2.75) is 6.61 Å². The number of nitrogens with zero attached hydrogens (tertiary/aromatic N) is 3. The summed E-state index contributed by atoms with van der Waals surface area (Å²) in [5.41, 5.74) is 1.30. The fourth-order valence-electron chi connectivity index (χ4n) is 1.49. The Kier molecular flexibility index (Phi) is 3.57. The van der Waals surface area contributed by atoms with Crippen LogP contribution >= 0.6 is 0 Å². The van der Waals surface area contributed by atoms with E-state index in [1.54, 1.807) is 49.2 Å². The maximum atomic E-state index is 11.5. The zero-order chi connectivity index (χ0) is 13.0. The quantitative estimate of drug-likeness (QED) is 0.864. The Morgan fingerprint density at radius 3 is 3.00 bits per heavy atom. The Hall–Kier alpha value is -2.37. The summed E-state index contributed by atoms with van der Waals surface area (Å²) in [5, 5.41) is 10.3. The first-order valence-electron chi connectivity index (χ1n) is 5.49. The minimum absolute atomic E-state index is 0.139. The summed E-state index contributed by atoms with van der Waals surface area (Å²) >= 11 is 0. The number of hydrogen-bond donors (Lipinski definition) is 1. The van der Waals surface area contributed by atoms with Crippen molar-refractivity contribution in [3.8, 4) is 5.75 Å². The Labute approximate surface area is 105 Å². The summed E-state index contributed by atoms with van der Waals surface area (Å²) in [4.78, 5) is 11.5. The van der Waals surface area contributed by atoms with Gasteiger partial charge in [0.25, 0.3) is 5.91 Å². The number of carbonyl (C=O) groups is 1. The summed E-state index contributed by atoms with van der Waals surface area (Å²) in [7, 11) is 3.39. The van der Waals surface area contributed by atoms with Gasteiger partial charge >= 0.3 is 0 Å². The predicted octanol–water partition coefficient (Wildman–Crippen LogP) is 0.754. The molecule has 0 saturated heterocycles. The van der Waals surface area contributed by atoms with E-state index in [0.717, 1.165) is 5.69 Å². The third-order valence-corrected chi connectivity index (χ3v) is 2.36. The average Bonchev–Trinajstić information content (AvgIpc) is 2.81. The Bertz CT molecular complexity index is 551. The summed E-state index contributed by atoms with van der Waals surface area (Å²) in [6.07, 6.45) is 1.78. The molecule has 0 fully saturated rings. The van der Waals surface area contributed by atoms with Crippen LogP contribution in [-0.2, 0) is 13.7 Å². The molecule has 6 nitrogen and oxygen atoms in total. The van der Waals surface area contributed by atoms with E-state index in [4.69, 9.17) is 4.74 Å². The van der Waals surface area contributed by atoms with Crippen LogP contribution in [0.15, 0.2) is 30.5 Å². The molecule has 1 N–H and O–H groups in total. The van der Waals surface area contributed by atoms with E-state index in [2.05, 4.69) is 15.6 Å². The van der Waals surface area contributed by atoms with Crippen LogP contribution < -0.4 is 10.1 Å². The minimum atomic E-state index is -0.139. The van der Waals surface area contributed by atoms with Gasteiger partial charge in [-0.1, -0.05) is 11.3 Å². The number of hydrogen-bond acceptors (Lipinski definition) is 4. The number of benzene rings is 1. The molecule has 2 rings (SSSR count). The van der Waals surface area contributed by atoms with Crippen LogP contribution in [0.5, 0.6) is 5.75 Å². The lowest BCUT2D eigenvalue weighted by molar-refractivity contribution is 0.0962.